The molecule has 1 aromatic carbocycles. The first-order valence-electron chi connectivity index (χ1n) is 9.05. The molecule has 7 nitrogen and oxygen atoms in total. The summed E-state index contributed by atoms with van der Waals surface area (Å²) in [7, 11) is 0. The quantitative estimate of drug-likeness (QED) is 0.540. The molecule has 3 heterocycles. The first-order valence-corrected chi connectivity index (χ1v) is 9.43. The molecule has 3 aromatic heterocycles. The Morgan fingerprint density at radius 1 is 1.36 bits per heavy atom. The van der Waals surface area contributed by atoms with Crippen LogP contribution in [0.3, 0.4) is 0 Å². The van der Waals surface area contributed by atoms with E-state index in [1.165, 1.54) is 12.1 Å². The van der Waals surface area contributed by atoms with Gasteiger partial charge in [-0.05, 0) is 31.0 Å². The van der Waals surface area contributed by atoms with E-state index in [4.69, 9.17) is 11.6 Å². The number of hydrogen-bond donors (Lipinski definition) is 2. The van der Waals surface area contributed by atoms with Crippen LogP contribution in [0.1, 0.15) is 40.8 Å². The van der Waals surface area contributed by atoms with Crippen molar-refractivity contribution >= 4 is 34.2 Å². The van der Waals surface area contributed by atoms with Gasteiger partial charge in [-0.2, -0.15) is 0 Å². The standard InChI is InChI=1S/C19H16ClFN6O/c20-12-8-14-15(9-13(12)21)24-16(23-14)5-6-22-19(28)11-2-1-7-27-17(10-3-4-10)25-26-18(11)27/h1-2,7-10H,3-6H2,(H,22,28)(H,23,24). The number of hydrogen-bond acceptors (Lipinski definition) is 4. The van der Waals surface area contributed by atoms with Crippen LogP contribution < -0.4 is 5.32 Å². The second-order valence-corrected chi connectivity index (χ2v) is 7.33. The van der Waals surface area contributed by atoms with Gasteiger partial charge in [-0.3, -0.25) is 9.20 Å². The maximum Gasteiger partial charge on any atom is 0.255 e. The van der Waals surface area contributed by atoms with Crippen molar-refractivity contribution < 1.29 is 9.18 Å². The molecule has 9 heteroatoms. The number of rotatable bonds is 5. The Morgan fingerprint density at radius 2 is 2.21 bits per heavy atom. The molecule has 2 N–H and O–H groups in total. The molecule has 0 bridgehead atoms. The number of carbonyl (C=O) groups excluding carboxylic acids is 1. The number of nitrogens with zero attached hydrogens (tertiary/aromatic N) is 4. The first kappa shape index (κ1) is 17.1. The predicted molar refractivity (Wildman–Crippen MR) is 102 cm³/mol. The summed E-state index contributed by atoms with van der Waals surface area (Å²) >= 11 is 5.78. The van der Waals surface area contributed by atoms with Crippen LogP contribution >= 0.6 is 11.6 Å². The van der Waals surface area contributed by atoms with Crippen molar-refractivity contribution in [3.63, 3.8) is 0 Å². The molecule has 1 saturated carbocycles. The Morgan fingerprint density at radius 3 is 3.04 bits per heavy atom. The van der Waals surface area contributed by atoms with Gasteiger partial charge in [0.2, 0.25) is 0 Å². The van der Waals surface area contributed by atoms with Gasteiger partial charge in [-0.1, -0.05) is 11.6 Å². The molecule has 0 radical (unpaired) electrons. The Kier molecular flexibility index (Phi) is 4.01. The molecular formula is C19H16ClFN6O. The van der Waals surface area contributed by atoms with E-state index >= 15 is 0 Å². The lowest BCUT2D eigenvalue weighted by atomic mass is 10.2. The SMILES string of the molecule is O=C(NCCc1nc2cc(Cl)c(F)cc2[nH]1)c1cccn2c(C3CC3)nnc12. The molecule has 0 atom stereocenters. The van der Waals surface area contributed by atoms with Crippen molar-refractivity contribution in [2.75, 3.05) is 6.54 Å². The van der Waals surface area contributed by atoms with E-state index in [0.29, 0.717) is 47.0 Å². The van der Waals surface area contributed by atoms with Gasteiger partial charge in [0.25, 0.3) is 5.91 Å². The van der Waals surface area contributed by atoms with Crippen molar-refractivity contribution in [1.82, 2.24) is 29.9 Å². The highest BCUT2D eigenvalue weighted by molar-refractivity contribution is 6.31. The first-order chi connectivity index (χ1) is 13.6. The van der Waals surface area contributed by atoms with Crippen LogP contribution in [0.4, 0.5) is 4.39 Å². The highest BCUT2D eigenvalue weighted by atomic mass is 35.5. The number of nitrogens with one attached hydrogen (secondary N) is 2. The Balaban J connectivity index is 1.29. The van der Waals surface area contributed by atoms with Crippen LogP contribution in [0.25, 0.3) is 16.7 Å². The Labute approximate surface area is 163 Å². The number of benzene rings is 1. The molecule has 1 fully saturated rings. The average molecular weight is 399 g/mol. The summed E-state index contributed by atoms with van der Waals surface area (Å²) in [5, 5.41) is 11.4. The van der Waals surface area contributed by atoms with Crippen molar-refractivity contribution in [2.24, 2.45) is 0 Å². The summed E-state index contributed by atoms with van der Waals surface area (Å²) in [5.41, 5.74) is 2.22. The van der Waals surface area contributed by atoms with E-state index in [1.54, 1.807) is 6.07 Å². The molecule has 1 aliphatic carbocycles. The molecule has 5 rings (SSSR count). The van der Waals surface area contributed by atoms with E-state index in [2.05, 4.69) is 25.5 Å². The summed E-state index contributed by atoms with van der Waals surface area (Å²) in [6, 6.07) is 6.36. The summed E-state index contributed by atoms with van der Waals surface area (Å²) < 4.78 is 15.4. The molecular weight excluding hydrogens is 383 g/mol. The van der Waals surface area contributed by atoms with Crippen LogP contribution in [0.2, 0.25) is 5.02 Å². The van der Waals surface area contributed by atoms with Gasteiger partial charge in [-0.25, -0.2) is 9.37 Å². The number of aromatic nitrogens is 5. The lowest BCUT2D eigenvalue weighted by molar-refractivity contribution is 0.0955. The van der Waals surface area contributed by atoms with Crippen LogP contribution in [-0.4, -0.2) is 37.0 Å². The van der Waals surface area contributed by atoms with Gasteiger partial charge in [0.1, 0.15) is 17.5 Å². The summed E-state index contributed by atoms with van der Waals surface area (Å²) in [6.07, 6.45) is 4.59. The number of amides is 1. The second-order valence-electron chi connectivity index (χ2n) is 6.92. The minimum Gasteiger partial charge on any atom is -0.351 e. The normalized spacial score (nSPS) is 14.1. The highest BCUT2D eigenvalue weighted by Gasteiger charge is 2.29. The molecule has 0 unspecified atom stereocenters. The van der Waals surface area contributed by atoms with Crippen LogP contribution in [0.15, 0.2) is 30.5 Å². The van der Waals surface area contributed by atoms with Crippen LogP contribution in [0, 0.1) is 5.82 Å². The molecule has 28 heavy (non-hydrogen) atoms. The molecule has 0 aliphatic heterocycles. The molecule has 4 aromatic rings. The Hall–Kier alpha value is -3.00. The van der Waals surface area contributed by atoms with Gasteiger partial charge in [0.05, 0.1) is 21.6 Å². The molecule has 142 valence electrons. The zero-order chi connectivity index (χ0) is 19.3. The third-order valence-corrected chi connectivity index (χ3v) is 5.16. The fraction of sp³-hybridized carbons (Fsp3) is 0.263. The van der Waals surface area contributed by atoms with Gasteiger partial charge in [0.15, 0.2) is 5.65 Å². The number of pyridine rings is 1. The average Bonchev–Trinajstić information content (AvgIpc) is 3.31. The smallest absolute Gasteiger partial charge is 0.255 e. The highest BCUT2D eigenvalue weighted by Crippen LogP contribution is 2.39. The number of carbonyl (C=O) groups is 1. The fourth-order valence-corrected chi connectivity index (χ4v) is 3.45. The van der Waals surface area contributed by atoms with Crippen molar-refractivity contribution in [2.45, 2.75) is 25.2 Å². The van der Waals surface area contributed by atoms with Gasteiger partial charge in [-0.15, -0.1) is 10.2 Å². The predicted octanol–water partition coefficient (Wildman–Crippen LogP) is 3.25. The topological polar surface area (TPSA) is 88.0 Å². The largest absolute Gasteiger partial charge is 0.351 e. The summed E-state index contributed by atoms with van der Waals surface area (Å²) in [5.74, 6) is 1.29. The van der Waals surface area contributed by atoms with Gasteiger partial charge in [0, 0.05) is 31.1 Å². The zero-order valence-electron chi connectivity index (χ0n) is 14.7. The van der Waals surface area contributed by atoms with E-state index in [9.17, 15) is 9.18 Å². The molecule has 0 spiro atoms. The van der Waals surface area contributed by atoms with E-state index in [0.717, 1.165) is 18.7 Å². The number of aromatic amines is 1. The van der Waals surface area contributed by atoms with Gasteiger partial charge >= 0.3 is 0 Å². The van der Waals surface area contributed by atoms with Crippen molar-refractivity contribution in [3.8, 4) is 0 Å². The Bertz CT molecular complexity index is 1170. The monoisotopic (exact) mass is 398 g/mol. The molecule has 1 aliphatic rings. The third kappa shape index (κ3) is 2.99. The summed E-state index contributed by atoms with van der Waals surface area (Å²) in [4.78, 5) is 20.0. The summed E-state index contributed by atoms with van der Waals surface area (Å²) in [6.45, 7) is 0.375. The van der Waals surface area contributed by atoms with Crippen LogP contribution in [0.5, 0.6) is 0 Å². The lowest BCUT2D eigenvalue weighted by Gasteiger charge is -2.05. The third-order valence-electron chi connectivity index (χ3n) is 4.87. The van der Waals surface area contributed by atoms with E-state index in [-0.39, 0.29) is 10.9 Å². The number of imidazole rings is 1. The van der Waals surface area contributed by atoms with Gasteiger partial charge < -0.3 is 10.3 Å². The fourth-order valence-electron chi connectivity index (χ4n) is 3.30. The number of halogens is 2. The van der Waals surface area contributed by atoms with E-state index < -0.39 is 5.82 Å². The minimum atomic E-state index is -0.496. The second kappa shape index (κ2) is 6.56. The van der Waals surface area contributed by atoms with Crippen molar-refractivity contribution in [3.05, 3.63) is 58.5 Å². The van der Waals surface area contributed by atoms with Crippen molar-refractivity contribution in [1.29, 1.82) is 0 Å². The number of fused-ring (bicyclic) bond motifs is 2. The zero-order valence-corrected chi connectivity index (χ0v) is 15.5. The molecule has 0 saturated heterocycles. The minimum absolute atomic E-state index is 0.0332. The number of H-pyrrole nitrogens is 1. The maximum atomic E-state index is 13.5. The maximum absolute atomic E-state index is 13.5. The molecule has 1 amide bonds. The lowest BCUT2D eigenvalue weighted by Crippen LogP contribution is -2.26. The van der Waals surface area contributed by atoms with E-state index in [1.807, 2.05) is 16.7 Å². The van der Waals surface area contributed by atoms with Crippen LogP contribution in [-0.2, 0) is 6.42 Å².